The Bertz CT molecular complexity index is 814. The van der Waals surface area contributed by atoms with Crippen molar-refractivity contribution in [3.05, 3.63) is 71.8 Å². The molecule has 4 nitrogen and oxygen atoms in total. The maximum Gasteiger partial charge on any atom is 0.312 e. The number of hydrogen-bond acceptors (Lipinski definition) is 3. The van der Waals surface area contributed by atoms with Crippen LogP contribution in [0.2, 0.25) is 18.1 Å². The fraction of sp³-hybridized carbons (Fsp3) is 0.500. The number of nitrogens with zero attached hydrogens (tertiary/aromatic N) is 1. The lowest BCUT2D eigenvalue weighted by atomic mass is 9.65. The van der Waals surface area contributed by atoms with Gasteiger partial charge in [0.05, 0.1) is 12.0 Å². The van der Waals surface area contributed by atoms with Gasteiger partial charge in [0.2, 0.25) is 0 Å². The van der Waals surface area contributed by atoms with Gasteiger partial charge in [-0.2, -0.15) is 0 Å². The SMILES string of the molecule is CC(C)(C)[Si](C)(C)OCC1(C(=O)O)CC(N(Cc2ccccc2)Cc2ccccc2)C1. The third-order valence-corrected chi connectivity index (χ3v) is 11.7. The molecule has 0 saturated heterocycles. The maximum atomic E-state index is 12.3. The van der Waals surface area contributed by atoms with Crippen molar-refractivity contribution in [3.8, 4) is 0 Å². The molecule has 0 amide bonds. The molecule has 1 aliphatic rings. The number of carbonyl (C=O) groups is 1. The summed E-state index contributed by atoms with van der Waals surface area (Å²) >= 11 is 0. The average Bonchev–Trinajstić information content (AvgIpc) is 2.67. The summed E-state index contributed by atoms with van der Waals surface area (Å²) in [5.74, 6) is -0.721. The maximum absolute atomic E-state index is 12.3. The minimum atomic E-state index is -1.99. The smallest absolute Gasteiger partial charge is 0.312 e. The summed E-state index contributed by atoms with van der Waals surface area (Å²) < 4.78 is 6.37. The highest BCUT2D eigenvalue weighted by Gasteiger charge is 2.53. The molecular weight excluding hydrogens is 402 g/mol. The second-order valence-corrected chi connectivity index (χ2v) is 15.4. The zero-order chi connectivity index (χ0) is 22.7. The minimum Gasteiger partial charge on any atom is -0.481 e. The Balaban J connectivity index is 1.73. The first-order chi connectivity index (χ1) is 14.5. The summed E-state index contributed by atoms with van der Waals surface area (Å²) in [4.78, 5) is 14.7. The van der Waals surface area contributed by atoms with E-state index >= 15 is 0 Å². The summed E-state index contributed by atoms with van der Waals surface area (Å²) in [7, 11) is -1.99. The third kappa shape index (κ3) is 5.65. The molecule has 1 aliphatic carbocycles. The molecule has 0 unspecified atom stereocenters. The Morgan fingerprint density at radius 2 is 1.45 bits per heavy atom. The molecule has 5 heteroatoms. The van der Waals surface area contributed by atoms with Crippen molar-refractivity contribution in [1.82, 2.24) is 4.90 Å². The molecule has 1 saturated carbocycles. The predicted octanol–water partition coefficient (Wildman–Crippen LogP) is 5.94. The molecule has 1 N–H and O–H groups in total. The monoisotopic (exact) mass is 439 g/mol. The molecule has 0 spiro atoms. The standard InChI is InChI=1S/C26H37NO3Si/c1-25(2,3)31(4,5)30-20-26(24(28)29)16-23(17-26)27(18-21-12-8-6-9-13-21)19-22-14-10-7-11-15-22/h6-15,23H,16-20H2,1-5H3,(H,28,29). The van der Waals surface area contributed by atoms with E-state index in [4.69, 9.17) is 4.43 Å². The van der Waals surface area contributed by atoms with Crippen LogP contribution >= 0.6 is 0 Å². The Morgan fingerprint density at radius 1 is 1.00 bits per heavy atom. The van der Waals surface area contributed by atoms with Gasteiger partial charge >= 0.3 is 5.97 Å². The second kappa shape index (κ2) is 9.27. The number of hydrogen-bond donors (Lipinski definition) is 1. The molecule has 0 aliphatic heterocycles. The highest BCUT2D eigenvalue weighted by atomic mass is 28.4. The van der Waals surface area contributed by atoms with Crippen LogP contribution in [0.1, 0.15) is 44.7 Å². The molecule has 0 atom stereocenters. The number of carboxylic acid groups (broad SMARTS) is 1. The van der Waals surface area contributed by atoms with Gasteiger partial charge in [-0.15, -0.1) is 0 Å². The number of carboxylic acids is 1. The Labute approximate surface area is 188 Å². The zero-order valence-corrected chi connectivity index (χ0v) is 20.6. The van der Waals surface area contributed by atoms with Crippen LogP contribution in [0.4, 0.5) is 0 Å². The Morgan fingerprint density at radius 3 is 1.84 bits per heavy atom. The van der Waals surface area contributed by atoms with Crippen molar-refractivity contribution in [2.24, 2.45) is 5.41 Å². The van der Waals surface area contributed by atoms with Crippen molar-refractivity contribution < 1.29 is 14.3 Å². The topological polar surface area (TPSA) is 49.8 Å². The van der Waals surface area contributed by atoms with Crippen LogP contribution in [0.3, 0.4) is 0 Å². The molecule has 168 valence electrons. The molecular formula is C26H37NO3Si. The highest BCUT2D eigenvalue weighted by Crippen LogP contribution is 2.47. The quantitative estimate of drug-likeness (QED) is 0.491. The fourth-order valence-corrected chi connectivity index (χ4v) is 5.01. The van der Waals surface area contributed by atoms with Crippen LogP contribution in [0, 0.1) is 5.41 Å². The molecule has 0 heterocycles. The lowest BCUT2D eigenvalue weighted by Crippen LogP contribution is -2.57. The van der Waals surface area contributed by atoms with Crippen LogP contribution in [0.5, 0.6) is 0 Å². The van der Waals surface area contributed by atoms with Gasteiger partial charge in [0, 0.05) is 19.1 Å². The summed E-state index contributed by atoms with van der Waals surface area (Å²) in [6.45, 7) is 12.9. The summed E-state index contributed by atoms with van der Waals surface area (Å²) in [6, 6.07) is 21.1. The Hall–Kier alpha value is -1.95. The molecule has 0 aromatic heterocycles. The van der Waals surface area contributed by atoms with E-state index in [9.17, 15) is 9.90 Å². The third-order valence-electron chi connectivity index (χ3n) is 7.20. The molecule has 31 heavy (non-hydrogen) atoms. The number of rotatable bonds is 9. The molecule has 3 rings (SSSR count). The van der Waals surface area contributed by atoms with Gasteiger partial charge in [-0.1, -0.05) is 81.4 Å². The van der Waals surface area contributed by atoms with E-state index < -0.39 is 19.7 Å². The summed E-state index contributed by atoms with van der Waals surface area (Å²) in [5.41, 5.74) is 1.73. The van der Waals surface area contributed by atoms with E-state index in [-0.39, 0.29) is 11.1 Å². The molecule has 1 fully saturated rings. The molecule has 0 bridgehead atoms. The van der Waals surface area contributed by atoms with E-state index in [1.165, 1.54) is 11.1 Å². The normalized spacial score (nSPS) is 21.7. The van der Waals surface area contributed by atoms with Crippen molar-refractivity contribution in [2.45, 2.75) is 70.9 Å². The average molecular weight is 440 g/mol. The fourth-order valence-electron chi connectivity index (χ4n) is 3.94. The van der Waals surface area contributed by atoms with Crippen LogP contribution in [-0.2, 0) is 22.3 Å². The minimum absolute atomic E-state index is 0.0719. The first-order valence-electron chi connectivity index (χ1n) is 11.2. The van der Waals surface area contributed by atoms with Crippen LogP contribution in [-0.4, -0.2) is 36.9 Å². The van der Waals surface area contributed by atoms with E-state index in [0.717, 1.165) is 13.1 Å². The van der Waals surface area contributed by atoms with Crippen molar-refractivity contribution in [1.29, 1.82) is 0 Å². The predicted molar refractivity (Wildman–Crippen MR) is 128 cm³/mol. The summed E-state index contributed by atoms with van der Waals surface area (Å²) in [6.07, 6.45) is 1.27. The second-order valence-electron chi connectivity index (χ2n) is 10.6. The first kappa shape index (κ1) is 23.7. The van der Waals surface area contributed by atoms with Gasteiger partial charge in [0.1, 0.15) is 0 Å². The van der Waals surface area contributed by atoms with E-state index in [0.29, 0.717) is 19.4 Å². The molecule has 2 aromatic rings. The van der Waals surface area contributed by atoms with Crippen LogP contribution in [0.25, 0.3) is 0 Å². The van der Waals surface area contributed by atoms with E-state index in [1.807, 2.05) is 12.1 Å². The molecule has 0 radical (unpaired) electrons. The van der Waals surface area contributed by atoms with Gasteiger partial charge in [-0.05, 0) is 42.1 Å². The lowest BCUT2D eigenvalue weighted by Gasteiger charge is -2.50. The molecule has 2 aromatic carbocycles. The summed E-state index contributed by atoms with van der Waals surface area (Å²) in [5, 5.41) is 10.2. The van der Waals surface area contributed by atoms with E-state index in [1.54, 1.807) is 0 Å². The van der Waals surface area contributed by atoms with Gasteiger partial charge in [0.15, 0.2) is 8.32 Å². The zero-order valence-electron chi connectivity index (χ0n) is 19.6. The van der Waals surface area contributed by atoms with Crippen molar-refractivity contribution in [3.63, 3.8) is 0 Å². The highest BCUT2D eigenvalue weighted by molar-refractivity contribution is 6.74. The van der Waals surface area contributed by atoms with Gasteiger partial charge in [-0.25, -0.2) is 0 Å². The number of aliphatic carboxylic acids is 1. The van der Waals surface area contributed by atoms with E-state index in [2.05, 4.69) is 87.3 Å². The van der Waals surface area contributed by atoms with Gasteiger partial charge in [-0.3, -0.25) is 9.69 Å². The first-order valence-corrected chi connectivity index (χ1v) is 14.1. The van der Waals surface area contributed by atoms with Gasteiger partial charge < -0.3 is 9.53 Å². The van der Waals surface area contributed by atoms with Crippen molar-refractivity contribution >= 4 is 14.3 Å². The number of benzene rings is 2. The Kier molecular flexibility index (Phi) is 7.09. The lowest BCUT2D eigenvalue weighted by molar-refractivity contribution is -0.164. The van der Waals surface area contributed by atoms with Crippen molar-refractivity contribution in [2.75, 3.05) is 6.61 Å². The van der Waals surface area contributed by atoms with Gasteiger partial charge in [0.25, 0.3) is 0 Å². The van der Waals surface area contributed by atoms with Crippen LogP contribution < -0.4 is 0 Å². The van der Waals surface area contributed by atoms with Crippen LogP contribution in [0.15, 0.2) is 60.7 Å². The largest absolute Gasteiger partial charge is 0.481 e.